The van der Waals surface area contributed by atoms with Crippen molar-refractivity contribution in [1.82, 2.24) is 5.43 Å². The minimum absolute atomic E-state index is 0.243. The monoisotopic (exact) mass is 551 g/mol. The van der Waals surface area contributed by atoms with Crippen LogP contribution in [0.2, 0.25) is 0 Å². The second-order valence-electron chi connectivity index (χ2n) is 8.60. The van der Waals surface area contributed by atoms with Crippen molar-refractivity contribution < 1.29 is 28.6 Å². The molecule has 1 heterocycles. The zero-order chi connectivity index (χ0) is 28.4. The molecule has 3 rings (SSSR count). The zero-order valence-electron chi connectivity index (χ0n) is 22.7. The molecule has 1 aromatic heterocycles. The standard InChI is InChI=1S/C29H33N3O6S/c1-6-15-37-24-10-8-9-21(16-24)17-30-32-26(33)19(4)38-23-13-11-22(12-14-23)27(34)31-28-25(29(35)36-7-2)18(3)20(5)39-28/h8-14,16-17,19H,6-7,15H2,1-5H3,(H,31,34)(H,32,33). The number of aryl methyl sites for hydroxylation is 1. The van der Waals surface area contributed by atoms with E-state index in [4.69, 9.17) is 14.2 Å². The number of hydrogen-bond acceptors (Lipinski definition) is 8. The van der Waals surface area contributed by atoms with Gasteiger partial charge in [-0.05, 0) is 81.6 Å². The molecule has 0 saturated carbocycles. The summed E-state index contributed by atoms with van der Waals surface area (Å²) < 4.78 is 16.4. The molecule has 9 nitrogen and oxygen atoms in total. The highest BCUT2D eigenvalue weighted by molar-refractivity contribution is 7.16. The minimum Gasteiger partial charge on any atom is -0.494 e. The Balaban J connectivity index is 1.56. The quantitative estimate of drug-likeness (QED) is 0.174. The molecular weight excluding hydrogens is 518 g/mol. The predicted molar refractivity (Wildman–Crippen MR) is 152 cm³/mol. The van der Waals surface area contributed by atoms with Gasteiger partial charge in [0.1, 0.15) is 16.5 Å². The molecule has 0 aliphatic rings. The molecule has 39 heavy (non-hydrogen) atoms. The smallest absolute Gasteiger partial charge is 0.341 e. The van der Waals surface area contributed by atoms with Crippen LogP contribution in [0.3, 0.4) is 0 Å². The van der Waals surface area contributed by atoms with E-state index in [1.165, 1.54) is 17.6 Å². The van der Waals surface area contributed by atoms with Crippen molar-refractivity contribution in [2.24, 2.45) is 5.10 Å². The SMILES string of the molecule is CCCOc1cccc(C=NNC(=O)C(C)Oc2ccc(C(=O)Nc3sc(C)c(C)c3C(=O)OCC)cc2)c1. The molecule has 0 fully saturated rings. The Morgan fingerprint density at radius 1 is 1.05 bits per heavy atom. The molecule has 0 aliphatic heterocycles. The van der Waals surface area contributed by atoms with Gasteiger partial charge in [-0.3, -0.25) is 9.59 Å². The fraction of sp³-hybridized carbons (Fsp3) is 0.310. The van der Waals surface area contributed by atoms with E-state index in [1.807, 2.05) is 45.0 Å². The van der Waals surface area contributed by atoms with Crippen LogP contribution in [0.25, 0.3) is 0 Å². The lowest BCUT2D eigenvalue weighted by Gasteiger charge is -2.13. The van der Waals surface area contributed by atoms with Crippen LogP contribution in [-0.4, -0.2) is 43.3 Å². The Labute approximate surface area is 232 Å². The maximum Gasteiger partial charge on any atom is 0.341 e. The molecule has 1 atom stereocenters. The van der Waals surface area contributed by atoms with Crippen LogP contribution in [0.4, 0.5) is 5.00 Å². The van der Waals surface area contributed by atoms with Crippen LogP contribution in [-0.2, 0) is 9.53 Å². The van der Waals surface area contributed by atoms with E-state index in [1.54, 1.807) is 38.1 Å². The first kappa shape index (κ1) is 29.4. The van der Waals surface area contributed by atoms with E-state index >= 15 is 0 Å². The molecule has 2 aromatic carbocycles. The van der Waals surface area contributed by atoms with E-state index in [0.29, 0.717) is 28.5 Å². The van der Waals surface area contributed by atoms with E-state index in [0.717, 1.165) is 28.2 Å². The number of nitrogens with one attached hydrogen (secondary N) is 2. The molecule has 206 valence electrons. The van der Waals surface area contributed by atoms with Gasteiger partial charge in [0.05, 0.1) is 25.0 Å². The molecule has 0 bridgehead atoms. The minimum atomic E-state index is -0.828. The van der Waals surface area contributed by atoms with Gasteiger partial charge in [-0.2, -0.15) is 5.10 Å². The van der Waals surface area contributed by atoms with Crippen molar-refractivity contribution in [3.05, 3.63) is 75.7 Å². The van der Waals surface area contributed by atoms with E-state index in [-0.39, 0.29) is 12.5 Å². The van der Waals surface area contributed by atoms with Crippen molar-refractivity contribution in [1.29, 1.82) is 0 Å². The number of hydrazone groups is 1. The first-order valence-corrected chi connectivity index (χ1v) is 13.5. The largest absolute Gasteiger partial charge is 0.494 e. The zero-order valence-corrected chi connectivity index (χ0v) is 23.5. The molecule has 10 heteroatoms. The Morgan fingerprint density at radius 2 is 1.79 bits per heavy atom. The number of rotatable bonds is 12. The second-order valence-corrected chi connectivity index (χ2v) is 9.83. The molecule has 0 spiro atoms. The summed E-state index contributed by atoms with van der Waals surface area (Å²) in [7, 11) is 0. The van der Waals surface area contributed by atoms with Crippen molar-refractivity contribution in [3.8, 4) is 11.5 Å². The van der Waals surface area contributed by atoms with Gasteiger partial charge in [0.15, 0.2) is 6.10 Å². The van der Waals surface area contributed by atoms with E-state index in [9.17, 15) is 14.4 Å². The Hall–Kier alpha value is -4.18. The highest BCUT2D eigenvalue weighted by Gasteiger charge is 2.22. The number of thiophene rings is 1. The summed E-state index contributed by atoms with van der Waals surface area (Å²) in [4.78, 5) is 38.5. The van der Waals surface area contributed by atoms with Gasteiger partial charge in [0.2, 0.25) is 0 Å². The molecule has 2 N–H and O–H groups in total. The number of hydrogen-bond donors (Lipinski definition) is 2. The topological polar surface area (TPSA) is 115 Å². The Kier molecular flexibility index (Phi) is 10.6. The van der Waals surface area contributed by atoms with Crippen LogP contribution < -0.4 is 20.2 Å². The van der Waals surface area contributed by atoms with Crippen molar-refractivity contribution in [2.75, 3.05) is 18.5 Å². The van der Waals surface area contributed by atoms with Crippen molar-refractivity contribution in [3.63, 3.8) is 0 Å². The van der Waals surface area contributed by atoms with Gasteiger partial charge in [0, 0.05) is 10.4 Å². The number of amides is 2. The van der Waals surface area contributed by atoms with Crippen LogP contribution in [0.15, 0.2) is 53.6 Å². The van der Waals surface area contributed by atoms with Crippen molar-refractivity contribution >= 4 is 40.3 Å². The maximum absolute atomic E-state index is 12.8. The summed E-state index contributed by atoms with van der Waals surface area (Å²) in [5.74, 6) is -0.126. The highest BCUT2D eigenvalue weighted by atomic mass is 32.1. The first-order valence-electron chi connectivity index (χ1n) is 12.6. The number of anilines is 1. The number of carbonyl (C=O) groups is 3. The van der Waals surface area contributed by atoms with Gasteiger partial charge in [-0.1, -0.05) is 19.1 Å². The lowest BCUT2D eigenvalue weighted by Crippen LogP contribution is -2.33. The van der Waals surface area contributed by atoms with Gasteiger partial charge < -0.3 is 19.5 Å². The highest BCUT2D eigenvalue weighted by Crippen LogP contribution is 2.33. The van der Waals surface area contributed by atoms with Crippen molar-refractivity contribution in [2.45, 2.75) is 47.1 Å². The lowest BCUT2D eigenvalue weighted by atomic mass is 10.1. The summed E-state index contributed by atoms with van der Waals surface area (Å²) in [6, 6.07) is 13.8. The Bertz CT molecular complexity index is 1330. The van der Waals surface area contributed by atoms with Crippen LogP contribution in [0.1, 0.15) is 63.9 Å². The van der Waals surface area contributed by atoms with Crippen LogP contribution in [0, 0.1) is 13.8 Å². The van der Waals surface area contributed by atoms with Gasteiger partial charge in [-0.15, -0.1) is 11.3 Å². The number of nitrogens with zero attached hydrogens (tertiary/aromatic N) is 1. The number of ether oxygens (including phenoxy) is 3. The van der Waals surface area contributed by atoms with Gasteiger partial charge in [-0.25, -0.2) is 10.2 Å². The summed E-state index contributed by atoms with van der Waals surface area (Å²) in [5.41, 5.74) is 4.77. The molecule has 2 amide bonds. The van der Waals surface area contributed by atoms with Gasteiger partial charge >= 0.3 is 5.97 Å². The van der Waals surface area contributed by atoms with Gasteiger partial charge in [0.25, 0.3) is 11.8 Å². The third-order valence-electron chi connectivity index (χ3n) is 5.61. The van der Waals surface area contributed by atoms with E-state index in [2.05, 4.69) is 15.8 Å². The third-order valence-corrected chi connectivity index (χ3v) is 6.73. The third kappa shape index (κ3) is 8.15. The first-order chi connectivity index (χ1) is 18.7. The average Bonchev–Trinajstić information content (AvgIpc) is 3.20. The number of esters is 1. The summed E-state index contributed by atoms with van der Waals surface area (Å²) in [6.07, 6.45) is 1.61. The van der Waals surface area contributed by atoms with Crippen LogP contribution >= 0.6 is 11.3 Å². The number of carbonyl (C=O) groups excluding carboxylic acids is 3. The fourth-order valence-corrected chi connectivity index (χ4v) is 4.49. The molecule has 1 unspecified atom stereocenters. The Morgan fingerprint density at radius 3 is 2.49 bits per heavy atom. The lowest BCUT2D eigenvalue weighted by molar-refractivity contribution is -0.127. The number of benzene rings is 2. The molecule has 0 saturated heterocycles. The summed E-state index contributed by atoms with van der Waals surface area (Å²) >= 11 is 1.32. The average molecular weight is 552 g/mol. The maximum atomic E-state index is 12.8. The van der Waals surface area contributed by atoms with E-state index < -0.39 is 18.0 Å². The fourth-order valence-electron chi connectivity index (χ4n) is 3.45. The predicted octanol–water partition coefficient (Wildman–Crippen LogP) is 5.50. The summed E-state index contributed by atoms with van der Waals surface area (Å²) in [6.45, 7) is 9.94. The van der Waals surface area contributed by atoms with Crippen LogP contribution in [0.5, 0.6) is 11.5 Å². The summed E-state index contributed by atoms with van der Waals surface area (Å²) in [5, 5.41) is 7.25. The molecular formula is C29H33N3O6S. The molecule has 0 radical (unpaired) electrons. The normalized spacial score (nSPS) is 11.6. The molecule has 3 aromatic rings. The molecule has 0 aliphatic carbocycles. The second kappa shape index (κ2) is 14.1.